The zero-order chi connectivity index (χ0) is 20.2. The van der Waals surface area contributed by atoms with Crippen LogP contribution < -0.4 is 0 Å². The quantitative estimate of drug-likeness (QED) is 0.250. The van der Waals surface area contributed by atoms with Gasteiger partial charge in [-0.05, 0) is 79.2 Å². The molecule has 0 unspecified atom stereocenters. The molecule has 0 heterocycles. The Labute approximate surface area is 176 Å². The van der Waals surface area contributed by atoms with E-state index in [9.17, 15) is 0 Å². The SMILES string of the molecule is Cc1ccc2ccc3ccccc3c2c1-c1c(C)ccc2ccc3ccccc3c12. The molecule has 0 bridgehead atoms. The maximum Gasteiger partial charge on any atom is -0.00238 e. The van der Waals surface area contributed by atoms with Gasteiger partial charge < -0.3 is 0 Å². The average Bonchev–Trinajstić information content (AvgIpc) is 2.79. The second kappa shape index (κ2) is 6.43. The van der Waals surface area contributed by atoms with Gasteiger partial charge in [-0.3, -0.25) is 0 Å². The van der Waals surface area contributed by atoms with E-state index in [1.54, 1.807) is 0 Å². The molecule has 6 aromatic rings. The second-order valence-corrected chi connectivity index (χ2v) is 8.28. The summed E-state index contributed by atoms with van der Waals surface area (Å²) in [7, 11) is 0. The van der Waals surface area contributed by atoms with Gasteiger partial charge in [0, 0.05) is 0 Å². The summed E-state index contributed by atoms with van der Waals surface area (Å²) in [5, 5.41) is 10.5. The van der Waals surface area contributed by atoms with Crippen molar-refractivity contribution in [3.05, 3.63) is 108 Å². The summed E-state index contributed by atoms with van der Waals surface area (Å²) in [5.74, 6) is 0. The standard InChI is InChI=1S/C30H22/c1-19-11-13-23-17-15-21-7-3-5-9-25(21)29(23)27(19)28-20(2)12-14-24-18-16-22-8-4-6-10-26(22)30(24)28/h3-18H,1-2H3. The van der Waals surface area contributed by atoms with Crippen LogP contribution in [-0.4, -0.2) is 0 Å². The zero-order valence-electron chi connectivity index (χ0n) is 17.2. The predicted octanol–water partition coefficient (Wildman–Crippen LogP) is 8.58. The highest BCUT2D eigenvalue weighted by Gasteiger charge is 2.17. The van der Waals surface area contributed by atoms with Crippen molar-refractivity contribution in [2.45, 2.75) is 13.8 Å². The fourth-order valence-electron chi connectivity index (χ4n) is 5.05. The lowest BCUT2D eigenvalue weighted by atomic mass is 9.85. The largest absolute Gasteiger partial charge is 0.0616 e. The molecule has 0 nitrogen and oxygen atoms in total. The molecular weight excluding hydrogens is 360 g/mol. The molecule has 6 aromatic carbocycles. The molecule has 0 heteroatoms. The summed E-state index contributed by atoms with van der Waals surface area (Å²) in [4.78, 5) is 0. The van der Waals surface area contributed by atoms with E-state index in [0.717, 1.165) is 0 Å². The van der Waals surface area contributed by atoms with Crippen molar-refractivity contribution >= 4 is 43.1 Å². The molecule has 0 radical (unpaired) electrons. The normalized spacial score (nSPS) is 11.7. The van der Waals surface area contributed by atoms with Crippen molar-refractivity contribution in [1.29, 1.82) is 0 Å². The third-order valence-electron chi connectivity index (χ3n) is 6.49. The van der Waals surface area contributed by atoms with Crippen LogP contribution in [0.15, 0.2) is 97.1 Å². The Morgan fingerprint density at radius 2 is 0.733 bits per heavy atom. The third kappa shape index (κ3) is 2.40. The van der Waals surface area contributed by atoms with Gasteiger partial charge in [-0.25, -0.2) is 0 Å². The van der Waals surface area contributed by atoms with E-state index in [4.69, 9.17) is 0 Å². The van der Waals surface area contributed by atoms with Crippen LogP contribution >= 0.6 is 0 Å². The van der Waals surface area contributed by atoms with Gasteiger partial charge in [0.1, 0.15) is 0 Å². The monoisotopic (exact) mass is 382 g/mol. The molecule has 0 saturated heterocycles. The highest BCUT2D eigenvalue weighted by molar-refractivity contribution is 6.22. The average molecular weight is 383 g/mol. The molecular formula is C30H22. The first-order valence-corrected chi connectivity index (χ1v) is 10.5. The minimum Gasteiger partial charge on any atom is -0.0616 e. The van der Waals surface area contributed by atoms with Crippen LogP contribution in [0.2, 0.25) is 0 Å². The topological polar surface area (TPSA) is 0 Å². The van der Waals surface area contributed by atoms with Crippen LogP contribution in [0, 0.1) is 13.8 Å². The molecule has 0 N–H and O–H groups in total. The molecule has 142 valence electrons. The number of aryl methyl sites for hydroxylation is 2. The fraction of sp³-hybridized carbons (Fsp3) is 0.0667. The Bertz CT molecular complexity index is 1480. The van der Waals surface area contributed by atoms with Gasteiger partial charge in [-0.15, -0.1) is 0 Å². The minimum atomic E-state index is 1.29. The summed E-state index contributed by atoms with van der Waals surface area (Å²) in [5.41, 5.74) is 5.37. The van der Waals surface area contributed by atoms with Gasteiger partial charge in [-0.2, -0.15) is 0 Å². The van der Waals surface area contributed by atoms with Crippen LogP contribution in [0.3, 0.4) is 0 Å². The van der Waals surface area contributed by atoms with Crippen molar-refractivity contribution in [2.75, 3.05) is 0 Å². The molecule has 0 fully saturated rings. The van der Waals surface area contributed by atoms with Crippen molar-refractivity contribution in [3.63, 3.8) is 0 Å². The fourth-order valence-corrected chi connectivity index (χ4v) is 5.05. The van der Waals surface area contributed by atoms with E-state index < -0.39 is 0 Å². The van der Waals surface area contributed by atoms with Gasteiger partial charge in [0.2, 0.25) is 0 Å². The minimum absolute atomic E-state index is 1.29. The van der Waals surface area contributed by atoms with E-state index in [1.807, 2.05) is 0 Å². The molecule has 0 aliphatic rings. The van der Waals surface area contributed by atoms with E-state index in [2.05, 4.69) is 111 Å². The second-order valence-electron chi connectivity index (χ2n) is 8.28. The van der Waals surface area contributed by atoms with Crippen molar-refractivity contribution in [1.82, 2.24) is 0 Å². The number of hydrogen-bond donors (Lipinski definition) is 0. The van der Waals surface area contributed by atoms with Crippen LogP contribution in [0.1, 0.15) is 11.1 Å². The molecule has 6 rings (SSSR count). The van der Waals surface area contributed by atoms with Crippen molar-refractivity contribution < 1.29 is 0 Å². The van der Waals surface area contributed by atoms with Crippen LogP contribution in [-0.2, 0) is 0 Å². The summed E-state index contributed by atoms with van der Waals surface area (Å²) in [6, 6.07) is 35.6. The number of rotatable bonds is 1. The maximum atomic E-state index is 2.27. The number of benzene rings is 6. The Morgan fingerprint density at radius 3 is 1.20 bits per heavy atom. The third-order valence-corrected chi connectivity index (χ3v) is 6.49. The molecule has 0 saturated carbocycles. The van der Waals surface area contributed by atoms with E-state index >= 15 is 0 Å². The Balaban J connectivity index is 1.90. The molecule has 0 aliphatic heterocycles. The molecule has 30 heavy (non-hydrogen) atoms. The van der Waals surface area contributed by atoms with Gasteiger partial charge in [-0.1, -0.05) is 97.1 Å². The lowest BCUT2D eigenvalue weighted by Gasteiger charge is -2.19. The molecule has 0 amide bonds. The Kier molecular flexibility index (Phi) is 3.70. The number of hydrogen-bond acceptors (Lipinski definition) is 0. The van der Waals surface area contributed by atoms with E-state index in [1.165, 1.54) is 65.3 Å². The molecule has 0 spiro atoms. The first-order chi connectivity index (χ1) is 14.7. The van der Waals surface area contributed by atoms with Gasteiger partial charge >= 0.3 is 0 Å². The van der Waals surface area contributed by atoms with Gasteiger partial charge in [0.25, 0.3) is 0 Å². The van der Waals surface area contributed by atoms with Crippen molar-refractivity contribution in [2.24, 2.45) is 0 Å². The molecule has 0 atom stereocenters. The lowest BCUT2D eigenvalue weighted by molar-refractivity contribution is 1.45. The predicted molar refractivity (Wildman–Crippen MR) is 131 cm³/mol. The molecule has 0 aromatic heterocycles. The smallest absolute Gasteiger partial charge is 0.00238 e. The number of fused-ring (bicyclic) bond motifs is 6. The van der Waals surface area contributed by atoms with Crippen LogP contribution in [0.4, 0.5) is 0 Å². The van der Waals surface area contributed by atoms with Crippen molar-refractivity contribution in [3.8, 4) is 11.1 Å². The van der Waals surface area contributed by atoms with Gasteiger partial charge in [0.05, 0.1) is 0 Å². The van der Waals surface area contributed by atoms with E-state index in [0.29, 0.717) is 0 Å². The first-order valence-electron chi connectivity index (χ1n) is 10.5. The summed E-state index contributed by atoms with van der Waals surface area (Å²) >= 11 is 0. The van der Waals surface area contributed by atoms with Crippen LogP contribution in [0.25, 0.3) is 54.2 Å². The van der Waals surface area contributed by atoms with E-state index in [-0.39, 0.29) is 0 Å². The Hall–Kier alpha value is -3.64. The highest BCUT2D eigenvalue weighted by atomic mass is 14.2. The Morgan fingerprint density at radius 1 is 0.367 bits per heavy atom. The molecule has 0 aliphatic carbocycles. The van der Waals surface area contributed by atoms with Gasteiger partial charge in [0.15, 0.2) is 0 Å². The highest BCUT2D eigenvalue weighted by Crippen LogP contribution is 2.43. The summed E-state index contributed by atoms with van der Waals surface area (Å²) in [6.45, 7) is 4.50. The van der Waals surface area contributed by atoms with Crippen LogP contribution in [0.5, 0.6) is 0 Å². The lowest BCUT2D eigenvalue weighted by Crippen LogP contribution is -1.93. The maximum absolute atomic E-state index is 2.27. The zero-order valence-corrected chi connectivity index (χ0v) is 17.2. The summed E-state index contributed by atoms with van der Waals surface area (Å²) in [6.07, 6.45) is 0. The summed E-state index contributed by atoms with van der Waals surface area (Å²) < 4.78 is 0. The first kappa shape index (κ1) is 17.2.